The van der Waals surface area contributed by atoms with E-state index in [1.54, 1.807) is 0 Å². The molecular weight excluding hydrogens is 207 g/mol. The first-order chi connectivity index (χ1) is 2.27. The van der Waals surface area contributed by atoms with Crippen LogP contribution in [0, 0.1) is 0 Å². The molecule has 0 aromatic carbocycles. The van der Waals surface area contributed by atoms with Crippen molar-refractivity contribution in [2.45, 2.75) is 0 Å². The van der Waals surface area contributed by atoms with Gasteiger partial charge < -0.3 is 10.8 Å². The minimum atomic E-state index is -0.968. The third-order valence-electron chi connectivity index (χ3n) is 0.175. The molecule has 34 valence electrons. The van der Waals surface area contributed by atoms with Crippen molar-refractivity contribution in [1.82, 2.24) is 0 Å². The summed E-state index contributed by atoms with van der Waals surface area (Å²) in [6, 6.07) is 0. The molecule has 0 unspecified atom stereocenters. The van der Waals surface area contributed by atoms with Gasteiger partial charge in [-0.15, -0.1) is 0 Å². The number of hydrogen-bond acceptors (Lipinski definition) is 2. The predicted molar refractivity (Wildman–Crippen MR) is 25.2 cm³/mol. The molecule has 0 spiro atoms. The van der Waals surface area contributed by atoms with E-state index < -0.39 is 5.97 Å². The van der Waals surface area contributed by atoms with Gasteiger partial charge in [0.15, 0.2) is 0 Å². The average molecular weight is 214 g/mol. The fourth-order valence-electron chi connectivity index (χ4n) is 0. The molecule has 0 aromatic heterocycles. The van der Waals surface area contributed by atoms with Gasteiger partial charge in [0.1, 0.15) is 0 Å². The summed E-state index contributed by atoms with van der Waals surface area (Å²) in [5.41, 5.74) is 4.57. The second kappa shape index (κ2) is 6.00. The molecule has 0 aliphatic rings. The third-order valence-corrected chi connectivity index (χ3v) is 0.175. The molecule has 0 radical (unpaired) electrons. The third kappa shape index (κ3) is 8.89. The first-order valence-electron chi connectivity index (χ1n) is 1.19. The Morgan fingerprint density at radius 1 is 1.83 bits per heavy atom. The van der Waals surface area contributed by atoms with Crippen LogP contribution in [0.3, 0.4) is 0 Å². The number of hydrogen-bond donors (Lipinski definition) is 2. The van der Waals surface area contributed by atoms with Crippen molar-refractivity contribution in [3.63, 3.8) is 0 Å². The zero-order valence-electron chi connectivity index (χ0n) is 2.64. The van der Waals surface area contributed by atoms with Gasteiger partial charge >= 0.3 is 54.9 Å². The summed E-state index contributed by atoms with van der Waals surface area (Å²) >= 11 is 0. The molecule has 0 rings (SSSR count). The topological polar surface area (TPSA) is 63.3 Å². The van der Waals surface area contributed by atoms with Gasteiger partial charge in [0, 0.05) is 0 Å². The molecule has 0 atom stereocenters. The Morgan fingerprint density at radius 3 is 2.00 bits per heavy atom. The monoisotopic (exact) mass is 215 g/mol. The van der Waals surface area contributed by atoms with E-state index in [2.05, 4.69) is 5.73 Å². The van der Waals surface area contributed by atoms with Crippen LogP contribution in [-0.2, 0) is 4.79 Å². The van der Waals surface area contributed by atoms with Gasteiger partial charge in [-0.3, -0.25) is 4.79 Å². The zero-order valence-corrected chi connectivity index (χ0v) is 2.64. The van der Waals surface area contributed by atoms with Crippen molar-refractivity contribution in [1.29, 1.82) is 0 Å². The quantitative estimate of drug-likeness (QED) is 0.502. The molecule has 0 fully saturated rings. The van der Waals surface area contributed by atoms with Gasteiger partial charge in [-0.25, -0.2) is 0 Å². The molecule has 0 amide bonds. The molecule has 0 aliphatic heterocycles. The van der Waals surface area contributed by atoms with E-state index in [-0.39, 0.29) is 55.4 Å². The minimum absolute atomic E-state index is 0. The normalized spacial score (nSPS) is 6.17. The van der Waals surface area contributed by atoms with Gasteiger partial charge in [0.05, 0.1) is 6.54 Å². The number of carboxylic acid groups (broad SMARTS) is 1. The van der Waals surface area contributed by atoms with E-state index in [1.165, 1.54) is 0 Å². The van der Waals surface area contributed by atoms with Crippen molar-refractivity contribution in [2.24, 2.45) is 5.73 Å². The van der Waals surface area contributed by atoms with Crippen LogP contribution in [0.1, 0.15) is 0 Å². The van der Waals surface area contributed by atoms with Crippen LogP contribution >= 0.6 is 0 Å². The number of carboxylic acids is 1. The van der Waals surface area contributed by atoms with E-state index in [9.17, 15) is 4.79 Å². The second-order valence-electron chi connectivity index (χ2n) is 0.598. The van der Waals surface area contributed by atoms with Crippen molar-refractivity contribution in [2.75, 3.05) is 6.54 Å². The standard InChI is InChI=1S/C2H5NO2.Ba.2H/c3-1-2(4)5;;;/h1,3H2,(H,4,5);;;. The van der Waals surface area contributed by atoms with E-state index in [1.807, 2.05) is 0 Å². The molecule has 0 aliphatic carbocycles. The fourth-order valence-corrected chi connectivity index (χ4v) is 0. The van der Waals surface area contributed by atoms with E-state index in [4.69, 9.17) is 5.11 Å². The van der Waals surface area contributed by atoms with Crippen LogP contribution < -0.4 is 5.73 Å². The van der Waals surface area contributed by atoms with Crippen LogP contribution in [0.4, 0.5) is 0 Å². The van der Waals surface area contributed by atoms with E-state index >= 15 is 0 Å². The molecular formula is C2H7BaNO2. The maximum atomic E-state index is 9.24. The van der Waals surface area contributed by atoms with Gasteiger partial charge in [0.25, 0.3) is 0 Å². The molecule has 6 heavy (non-hydrogen) atoms. The van der Waals surface area contributed by atoms with Crippen LogP contribution in [0.15, 0.2) is 0 Å². The molecule has 3 N–H and O–H groups in total. The fraction of sp³-hybridized carbons (Fsp3) is 0.500. The first-order valence-corrected chi connectivity index (χ1v) is 1.19. The van der Waals surface area contributed by atoms with Gasteiger partial charge in [0.2, 0.25) is 0 Å². The van der Waals surface area contributed by atoms with Crippen molar-refractivity contribution >= 4 is 54.9 Å². The van der Waals surface area contributed by atoms with Gasteiger partial charge in [-0.05, 0) is 0 Å². The van der Waals surface area contributed by atoms with E-state index in [0.717, 1.165) is 0 Å². The Kier molecular flexibility index (Phi) is 10.1. The van der Waals surface area contributed by atoms with Gasteiger partial charge in [-0.1, -0.05) is 0 Å². The summed E-state index contributed by atoms with van der Waals surface area (Å²) in [7, 11) is 0. The van der Waals surface area contributed by atoms with Crippen molar-refractivity contribution < 1.29 is 9.90 Å². The summed E-state index contributed by atoms with van der Waals surface area (Å²) in [5, 5.41) is 7.60. The molecule has 0 aromatic rings. The Balaban J connectivity index is 0. The summed E-state index contributed by atoms with van der Waals surface area (Å²) in [5.74, 6) is -0.968. The molecule has 3 nitrogen and oxygen atoms in total. The Labute approximate surface area is 76.0 Å². The molecule has 4 heteroatoms. The number of aliphatic carboxylic acids is 1. The zero-order chi connectivity index (χ0) is 4.28. The summed E-state index contributed by atoms with van der Waals surface area (Å²) < 4.78 is 0. The Hall–Kier alpha value is 1.00. The van der Waals surface area contributed by atoms with E-state index in [0.29, 0.717) is 0 Å². The summed E-state index contributed by atoms with van der Waals surface area (Å²) in [6.45, 7) is -0.278. The predicted octanol–water partition coefficient (Wildman–Crippen LogP) is -1.89. The van der Waals surface area contributed by atoms with Crippen molar-refractivity contribution in [3.05, 3.63) is 0 Å². The Morgan fingerprint density at radius 2 is 2.00 bits per heavy atom. The first kappa shape index (κ1) is 10.1. The second-order valence-corrected chi connectivity index (χ2v) is 0.598. The maximum absolute atomic E-state index is 9.24. The summed E-state index contributed by atoms with van der Waals surface area (Å²) in [4.78, 5) is 9.24. The molecule has 0 bridgehead atoms. The van der Waals surface area contributed by atoms with Crippen LogP contribution in [-0.4, -0.2) is 66.5 Å². The molecule has 0 saturated carbocycles. The van der Waals surface area contributed by atoms with Gasteiger partial charge in [-0.2, -0.15) is 0 Å². The molecule has 0 saturated heterocycles. The SMILES string of the molecule is NCC(=O)O.[BaH2]. The summed E-state index contributed by atoms with van der Waals surface area (Å²) in [6.07, 6.45) is 0. The van der Waals surface area contributed by atoms with Crippen LogP contribution in [0.2, 0.25) is 0 Å². The van der Waals surface area contributed by atoms with Crippen LogP contribution in [0.25, 0.3) is 0 Å². The Bertz CT molecular complexity index is 46.8. The average Bonchev–Trinajstić information content (AvgIpc) is 1.38. The number of carbonyl (C=O) groups is 1. The number of rotatable bonds is 1. The van der Waals surface area contributed by atoms with Crippen LogP contribution in [0.5, 0.6) is 0 Å². The molecule has 0 heterocycles. The number of nitrogens with two attached hydrogens (primary N) is 1. The van der Waals surface area contributed by atoms with Crippen molar-refractivity contribution in [3.8, 4) is 0 Å².